The number of phenolic OH excluding ortho intramolecular Hbond substituents is 1. The van der Waals surface area contributed by atoms with Gasteiger partial charge in [0.05, 0.1) is 17.8 Å². The molecule has 1 amide bonds. The SMILES string of the molecule is CN(C)Cc1cc(CN2C(=O)C(=O)c3ccccc32)ccc1O. The third-order valence-electron chi connectivity index (χ3n) is 3.85. The largest absolute Gasteiger partial charge is 0.508 e. The van der Waals surface area contributed by atoms with E-state index >= 15 is 0 Å². The van der Waals surface area contributed by atoms with E-state index in [1.54, 1.807) is 30.3 Å². The Hall–Kier alpha value is -2.66. The first-order valence-electron chi connectivity index (χ1n) is 7.38. The minimum Gasteiger partial charge on any atom is -0.508 e. The molecule has 5 heteroatoms. The summed E-state index contributed by atoms with van der Waals surface area (Å²) in [7, 11) is 3.84. The van der Waals surface area contributed by atoms with E-state index in [0.29, 0.717) is 24.3 Å². The van der Waals surface area contributed by atoms with E-state index in [9.17, 15) is 14.7 Å². The highest BCUT2D eigenvalue weighted by atomic mass is 16.3. The van der Waals surface area contributed by atoms with Gasteiger partial charge >= 0.3 is 0 Å². The Kier molecular flexibility index (Phi) is 3.88. The van der Waals surface area contributed by atoms with Gasteiger partial charge in [-0.1, -0.05) is 18.2 Å². The highest BCUT2D eigenvalue weighted by molar-refractivity contribution is 6.52. The summed E-state index contributed by atoms with van der Waals surface area (Å²) in [6, 6.07) is 12.3. The lowest BCUT2D eigenvalue weighted by molar-refractivity contribution is -0.114. The van der Waals surface area contributed by atoms with Crippen molar-refractivity contribution in [1.82, 2.24) is 4.90 Å². The van der Waals surface area contributed by atoms with Gasteiger partial charge in [0.2, 0.25) is 0 Å². The zero-order valence-electron chi connectivity index (χ0n) is 13.1. The second kappa shape index (κ2) is 5.85. The van der Waals surface area contributed by atoms with Crippen molar-refractivity contribution in [2.45, 2.75) is 13.1 Å². The summed E-state index contributed by atoms with van der Waals surface area (Å²) in [5.74, 6) is -0.743. The van der Waals surface area contributed by atoms with E-state index < -0.39 is 11.7 Å². The van der Waals surface area contributed by atoms with Crippen LogP contribution in [0.5, 0.6) is 5.75 Å². The summed E-state index contributed by atoms with van der Waals surface area (Å²) in [6.07, 6.45) is 0. The molecule has 23 heavy (non-hydrogen) atoms. The van der Waals surface area contributed by atoms with E-state index in [1.165, 1.54) is 4.90 Å². The van der Waals surface area contributed by atoms with E-state index in [2.05, 4.69) is 0 Å². The Labute approximate surface area is 134 Å². The molecule has 118 valence electrons. The average molecular weight is 310 g/mol. The molecular formula is C18H18N2O3. The molecule has 0 saturated carbocycles. The molecule has 0 aromatic heterocycles. The predicted molar refractivity (Wildman–Crippen MR) is 87.5 cm³/mol. The number of rotatable bonds is 4. The van der Waals surface area contributed by atoms with Crippen LogP contribution >= 0.6 is 0 Å². The zero-order valence-corrected chi connectivity index (χ0v) is 13.1. The molecule has 1 aliphatic rings. The van der Waals surface area contributed by atoms with E-state index in [1.807, 2.05) is 31.1 Å². The van der Waals surface area contributed by atoms with Gasteiger partial charge in [-0.15, -0.1) is 0 Å². The lowest BCUT2D eigenvalue weighted by atomic mass is 10.1. The van der Waals surface area contributed by atoms with Gasteiger partial charge in [0.25, 0.3) is 11.7 Å². The van der Waals surface area contributed by atoms with Gasteiger partial charge in [-0.2, -0.15) is 0 Å². The quantitative estimate of drug-likeness (QED) is 0.879. The number of fused-ring (bicyclic) bond motifs is 1. The standard InChI is InChI=1S/C18H18N2O3/c1-19(2)11-13-9-12(7-8-16(13)21)10-20-15-6-4-3-5-14(15)17(22)18(20)23/h3-9,21H,10-11H2,1-2H3. The lowest BCUT2D eigenvalue weighted by Crippen LogP contribution is -2.29. The molecular weight excluding hydrogens is 292 g/mol. The summed E-state index contributed by atoms with van der Waals surface area (Å²) in [4.78, 5) is 27.7. The number of Topliss-reactive ketones (excluding diaryl/α,β-unsaturated/α-hetero) is 1. The Balaban J connectivity index is 1.91. The summed E-state index contributed by atoms with van der Waals surface area (Å²) in [5.41, 5.74) is 2.76. The Morgan fingerprint density at radius 2 is 1.83 bits per heavy atom. The highest BCUT2D eigenvalue weighted by Crippen LogP contribution is 2.30. The van der Waals surface area contributed by atoms with Crippen molar-refractivity contribution in [2.75, 3.05) is 19.0 Å². The first kappa shape index (κ1) is 15.2. The number of ketones is 1. The zero-order chi connectivity index (χ0) is 16.6. The number of hydrogen-bond donors (Lipinski definition) is 1. The highest BCUT2D eigenvalue weighted by Gasteiger charge is 2.35. The fourth-order valence-corrected chi connectivity index (χ4v) is 2.79. The fraction of sp³-hybridized carbons (Fsp3) is 0.222. The van der Waals surface area contributed by atoms with Gasteiger partial charge in [-0.25, -0.2) is 0 Å². The van der Waals surface area contributed by atoms with Crippen LogP contribution in [0.1, 0.15) is 21.5 Å². The van der Waals surface area contributed by atoms with Crippen LogP contribution in [-0.4, -0.2) is 35.8 Å². The van der Waals surface area contributed by atoms with Gasteiger partial charge in [-0.3, -0.25) is 9.59 Å². The van der Waals surface area contributed by atoms with Crippen molar-refractivity contribution in [3.63, 3.8) is 0 Å². The summed E-state index contributed by atoms with van der Waals surface area (Å²) in [6.45, 7) is 0.908. The van der Waals surface area contributed by atoms with Crippen molar-refractivity contribution in [3.05, 3.63) is 59.2 Å². The Bertz CT molecular complexity index is 784. The van der Waals surface area contributed by atoms with Crippen molar-refractivity contribution in [3.8, 4) is 5.75 Å². The lowest BCUT2D eigenvalue weighted by Gasteiger charge is -2.18. The summed E-state index contributed by atoms with van der Waals surface area (Å²) >= 11 is 0. The number of hydrogen-bond acceptors (Lipinski definition) is 4. The number of phenols is 1. The van der Waals surface area contributed by atoms with Crippen LogP contribution in [0.25, 0.3) is 0 Å². The molecule has 0 spiro atoms. The predicted octanol–water partition coefficient (Wildman–Crippen LogP) is 2.18. The molecule has 0 bridgehead atoms. The first-order chi connectivity index (χ1) is 11.0. The van der Waals surface area contributed by atoms with Crippen LogP contribution in [0.3, 0.4) is 0 Å². The molecule has 0 unspecified atom stereocenters. The minimum atomic E-state index is -0.506. The van der Waals surface area contributed by atoms with Crippen LogP contribution in [0.4, 0.5) is 5.69 Å². The molecule has 1 aliphatic heterocycles. The molecule has 2 aromatic carbocycles. The number of benzene rings is 2. The number of anilines is 1. The molecule has 1 N–H and O–H groups in total. The maximum Gasteiger partial charge on any atom is 0.299 e. The minimum absolute atomic E-state index is 0.228. The van der Waals surface area contributed by atoms with Crippen molar-refractivity contribution in [2.24, 2.45) is 0 Å². The third kappa shape index (κ3) is 2.83. The normalized spacial score (nSPS) is 13.8. The van der Waals surface area contributed by atoms with Gasteiger partial charge < -0.3 is 14.9 Å². The van der Waals surface area contributed by atoms with Gasteiger partial charge in [0.1, 0.15) is 5.75 Å². The molecule has 0 saturated heterocycles. The molecule has 0 fully saturated rings. The van der Waals surface area contributed by atoms with Crippen molar-refractivity contribution < 1.29 is 14.7 Å². The summed E-state index contributed by atoms with van der Waals surface area (Å²) < 4.78 is 0. The average Bonchev–Trinajstić information content (AvgIpc) is 2.76. The van der Waals surface area contributed by atoms with Crippen LogP contribution < -0.4 is 4.90 Å². The number of nitrogens with zero attached hydrogens (tertiary/aromatic N) is 2. The number of aromatic hydroxyl groups is 1. The Morgan fingerprint density at radius 3 is 2.57 bits per heavy atom. The number of carbonyl (C=O) groups excluding carboxylic acids is 2. The topological polar surface area (TPSA) is 60.9 Å². The maximum absolute atomic E-state index is 12.2. The molecule has 0 radical (unpaired) electrons. The van der Waals surface area contributed by atoms with Crippen LogP contribution in [0, 0.1) is 0 Å². The summed E-state index contributed by atoms with van der Waals surface area (Å²) in [5, 5.41) is 9.94. The van der Waals surface area contributed by atoms with Crippen molar-refractivity contribution in [1.29, 1.82) is 0 Å². The second-order valence-corrected chi connectivity index (χ2v) is 5.94. The van der Waals surface area contributed by atoms with Gasteiger partial charge in [0, 0.05) is 12.1 Å². The first-order valence-corrected chi connectivity index (χ1v) is 7.38. The molecule has 0 aliphatic carbocycles. The third-order valence-corrected chi connectivity index (χ3v) is 3.85. The molecule has 5 nitrogen and oxygen atoms in total. The van der Waals surface area contributed by atoms with Crippen LogP contribution in [0.2, 0.25) is 0 Å². The molecule has 0 atom stereocenters. The monoisotopic (exact) mass is 310 g/mol. The fourth-order valence-electron chi connectivity index (χ4n) is 2.79. The maximum atomic E-state index is 12.2. The second-order valence-electron chi connectivity index (χ2n) is 5.94. The van der Waals surface area contributed by atoms with Crippen LogP contribution in [-0.2, 0) is 17.9 Å². The number of para-hydroxylation sites is 1. The molecule has 3 rings (SSSR count). The van der Waals surface area contributed by atoms with Crippen molar-refractivity contribution >= 4 is 17.4 Å². The van der Waals surface area contributed by atoms with E-state index in [0.717, 1.165) is 11.1 Å². The van der Waals surface area contributed by atoms with E-state index in [-0.39, 0.29) is 5.75 Å². The smallest absolute Gasteiger partial charge is 0.299 e. The number of amides is 1. The van der Waals surface area contributed by atoms with E-state index in [4.69, 9.17) is 0 Å². The number of carbonyl (C=O) groups is 2. The van der Waals surface area contributed by atoms with Crippen LogP contribution in [0.15, 0.2) is 42.5 Å². The van der Waals surface area contributed by atoms with Gasteiger partial charge in [0.15, 0.2) is 0 Å². The van der Waals surface area contributed by atoms with Gasteiger partial charge in [-0.05, 0) is 43.9 Å². The molecule has 1 heterocycles. The Morgan fingerprint density at radius 1 is 1.09 bits per heavy atom. The molecule has 2 aromatic rings.